The van der Waals surface area contributed by atoms with Crippen LogP contribution in [0.25, 0.3) is 0 Å². The summed E-state index contributed by atoms with van der Waals surface area (Å²) in [7, 11) is 1.68. The monoisotopic (exact) mass is 405 g/mol. The fourth-order valence-corrected chi connectivity index (χ4v) is 4.98. The van der Waals surface area contributed by atoms with Crippen LogP contribution in [-0.4, -0.2) is 48.3 Å². The number of amides is 1. The summed E-state index contributed by atoms with van der Waals surface area (Å²) >= 11 is 3.09. The lowest BCUT2D eigenvalue weighted by Gasteiger charge is -2.35. The summed E-state index contributed by atoms with van der Waals surface area (Å²) < 4.78 is 6.23. The van der Waals surface area contributed by atoms with Gasteiger partial charge in [-0.15, -0.1) is 11.3 Å². The van der Waals surface area contributed by atoms with Crippen LogP contribution in [0.15, 0.2) is 34.0 Å². The van der Waals surface area contributed by atoms with Crippen LogP contribution in [0.1, 0.15) is 36.6 Å². The van der Waals surface area contributed by atoms with Crippen molar-refractivity contribution in [1.29, 1.82) is 0 Å². The standard InChI is InChI=1S/C20H27N3O2S2/c1-15-13-26-20(22-15)27-14-19(24)21-12-18(23-10-4-3-5-11-23)16-6-8-17(25-2)9-7-16/h6-9,13,18H,3-5,10-12,14H2,1-2H3,(H,21,24). The van der Waals surface area contributed by atoms with Crippen LogP contribution >= 0.6 is 23.1 Å². The molecule has 1 N–H and O–H groups in total. The Bertz CT molecular complexity index is 727. The molecule has 1 aromatic heterocycles. The highest BCUT2D eigenvalue weighted by Gasteiger charge is 2.23. The molecule has 0 bridgehead atoms. The molecule has 0 spiro atoms. The third-order valence-corrected chi connectivity index (χ3v) is 6.89. The lowest BCUT2D eigenvalue weighted by Crippen LogP contribution is -2.41. The third-order valence-electron chi connectivity index (χ3n) is 4.75. The highest BCUT2D eigenvalue weighted by atomic mass is 32.2. The number of nitrogens with one attached hydrogen (secondary N) is 1. The first-order valence-electron chi connectivity index (χ1n) is 9.35. The van der Waals surface area contributed by atoms with Crippen LogP contribution in [0.2, 0.25) is 0 Å². The molecule has 5 nitrogen and oxygen atoms in total. The number of hydrogen-bond donors (Lipinski definition) is 1. The Kier molecular flexibility index (Phi) is 7.55. The third kappa shape index (κ3) is 5.96. The van der Waals surface area contributed by atoms with E-state index in [4.69, 9.17) is 4.74 Å². The van der Waals surface area contributed by atoms with Gasteiger partial charge in [0.05, 0.1) is 18.9 Å². The van der Waals surface area contributed by atoms with Crippen LogP contribution in [0.5, 0.6) is 5.75 Å². The number of benzene rings is 1. The number of nitrogens with zero attached hydrogens (tertiary/aromatic N) is 2. The van der Waals surface area contributed by atoms with Gasteiger partial charge in [0.25, 0.3) is 0 Å². The highest BCUT2D eigenvalue weighted by Crippen LogP contribution is 2.26. The van der Waals surface area contributed by atoms with Gasteiger partial charge in [-0.25, -0.2) is 4.98 Å². The van der Waals surface area contributed by atoms with Gasteiger partial charge >= 0.3 is 0 Å². The molecule has 3 rings (SSSR count). The van der Waals surface area contributed by atoms with E-state index in [1.807, 2.05) is 24.4 Å². The molecule has 0 aliphatic carbocycles. The molecule has 1 aliphatic heterocycles. The van der Waals surface area contributed by atoms with Crippen molar-refractivity contribution in [1.82, 2.24) is 15.2 Å². The number of carbonyl (C=O) groups excluding carboxylic acids is 1. The molecule has 1 fully saturated rings. The lowest BCUT2D eigenvalue weighted by atomic mass is 10.0. The van der Waals surface area contributed by atoms with E-state index in [-0.39, 0.29) is 11.9 Å². The minimum atomic E-state index is 0.0587. The molecule has 1 atom stereocenters. The molecule has 0 saturated carbocycles. The Hall–Kier alpha value is -1.57. The van der Waals surface area contributed by atoms with Crippen LogP contribution < -0.4 is 10.1 Å². The molecule has 1 unspecified atom stereocenters. The SMILES string of the molecule is COc1ccc(C(CNC(=O)CSc2nc(C)cs2)N2CCCCC2)cc1. The van der Waals surface area contributed by atoms with Gasteiger partial charge < -0.3 is 10.1 Å². The minimum absolute atomic E-state index is 0.0587. The van der Waals surface area contributed by atoms with Crippen LogP contribution in [0.4, 0.5) is 0 Å². The second-order valence-corrected chi connectivity index (χ2v) is 8.81. The van der Waals surface area contributed by atoms with Crippen molar-refractivity contribution in [3.8, 4) is 5.75 Å². The summed E-state index contributed by atoms with van der Waals surface area (Å²) in [6, 6.07) is 8.41. The molecule has 1 amide bonds. The topological polar surface area (TPSA) is 54.5 Å². The van der Waals surface area contributed by atoms with Crippen LogP contribution in [-0.2, 0) is 4.79 Å². The Morgan fingerprint density at radius 1 is 1.30 bits per heavy atom. The second kappa shape index (κ2) is 10.1. The zero-order chi connectivity index (χ0) is 19.1. The number of aromatic nitrogens is 1. The van der Waals surface area contributed by atoms with Crippen molar-refractivity contribution < 1.29 is 9.53 Å². The maximum Gasteiger partial charge on any atom is 0.230 e. The lowest BCUT2D eigenvalue weighted by molar-refractivity contribution is -0.118. The van der Waals surface area contributed by atoms with E-state index in [1.54, 1.807) is 18.4 Å². The maximum absolute atomic E-state index is 12.3. The summed E-state index contributed by atoms with van der Waals surface area (Å²) in [5, 5.41) is 5.14. The first kappa shape index (κ1) is 20.2. The zero-order valence-electron chi connectivity index (χ0n) is 15.9. The van der Waals surface area contributed by atoms with E-state index in [0.717, 1.165) is 28.9 Å². The number of carbonyl (C=O) groups is 1. The Morgan fingerprint density at radius 3 is 2.67 bits per heavy atom. The van der Waals surface area contributed by atoms with Crippen molar-refractivity contribution >= 4 is 29.0 Å². The molecule has 27 heavy (non-hydrogen) atoms. The summed E-state index contributed by atoms with van der Waals surface area (Å²) in [6.07, 6.45) is 3.74. The second-order valence-electron chi connectivity index (χ2n) is 6.73. The largest absolute Gasteiger partial charge is 0.497 e. The van der Waals surface area contributed by atoms with Gasteiger partial charge in [0.1, 0.15) is 5.75 Å². The van der Waals surface area contributed by atoms with Crippen molar-refractivity contribution in [2.75, 3.05) is 32.5 Å². The quantitative estimate of drug-likeness (QED) is 0.675. The van der Waals surface area contributed by atoms with E-state index >= 15 is 0 Å². The van der Waals surface area contributed by atoms with Gasteiger partial charge in [-0.2, -0.15) is 0 Å². The molecule has 1 aliphatic rings. The van der Waals surface area contributed by atoms with E-state index in [0.29, 0.717) is 12.3 Å². The van der Waals surface area contributed by atoms with Gasteiger partial charge in [0.15, 0.2) is 4.34 Å². The number of hydrogen-bond acceptors (Lipinski definition) is 6. The molecule has 2 heterocycles. The number of rotatable bonds is 8. The smallest absolute Gasteiger partial charge is 0.230 e. The van der Waals surface area contributed by atoms with E-state index in [1.165, 1.54) is 36.6 Å². The number of likely N-dealkylation sites (tertiary alicyclic amines) is 1. The molecular formula is C20H27N3O2S2. The normalized spacial score (nSPS) is 16.1. The summed E-state index contributed by atoms with van der Waals surface area (Å²) in [5.41, 5.74) is 2.23. The zero-order valence-corrected chi connectivity index (χ0v) is 17.6. The first-order valence-corrected chi connectivity index (χ1v) is 11.2. The number of ether oxygens (including phenoxy) is 1. The number of piperidine rings is 1. The Balaban J connectivity index is 1.59. The average Bonchev–Trinajstić information content (AvgIpc) is 3.13. The fourth-order valence-electron chi connectivity index (χ4n) is 3.30. The molecule has 1 saturated heterocycles. The van der Waals surface area contributed by atoms with Crippen LogP contribution in [0.3, 0.4) is 0 Å². The van der Waals surface area contributed by atoms with Crippen molar-refractivity contribution in [3.05, 3.63) is 40.9 Å². The number of methoxy groups -OCH3 is 1. The average molecular weight is 406 g/mol. The molecule has 2 aromatic rings. The predicted molar refractivity (Wildman–Crippen MR) is 112 cm³/mol. The molecule has 146 valence electrons. The summed E-state index contributed by atoms with van der Waals surface area (Å²) in [4.78, 5) is 19.2. The van der Waals surface area contributed by atoms with Gasteiger partial charge in [-0.1, -0.05) is 30.3 Å². The van der Waals surface area contributed by atoms with Crippen molar-refractivity contribution in [3.63, 3.8) is 0 Å². The summed E-state index contributed by atoms with van der Waals surface area (Å²) in [6.45, 7) is 4.76. The van der Waals surface area contributed by atoms with Crippen molar-refractivity contribution in [2.24, 2.45) is 0 Å². The molecule has 0 radical (unpaired) electrons. The molecular weight excluding hydrogens is 378 g/mol. The molecule has 7 heteroatoms. The fraction of sp³-hybridized carbons (Fsp3) is 0.500. The summed E-state index contributed by atoms with van der Waals surface area (Å²) in [5.74, 6) is 1.32. The van der Waals surface area contributed by atoms with E-state index in [2.05, 4.69) is 27.3 Å². The van der Waals surface area contributed by atoms with E-state index < -0.39 is 0 Å². The number of thioether (sulfide) groups is 1. The Morgan fingerprint density at radius 2 is 2.04 bits per heavy atom. The molecule has 1 aromatic carbocycles. The first-order chi connectivity index (χ1) is 13.2. The van der Waals surface area contributed by atoms with Gasteiger partial charge in [-0.3, -0.25) is 9.69 Å². The number of thiazole rings is 1. The van der Waals surface area contributed by atoms with Gasteiger partial charge in [0.2, 0.25) is 5.91 Å². The van der Waals surface area contributed by atoms with E-state index in [9.17, 15) is 4.79 Å². The van der Waals surface area contributed by atoms with Crippen LogP contribution in [0, 0.1) is 6.92 Å². The highest BCUT2D eigenvalue weighted by molar-refractivity contribution is 8.01. The maximum atomic E-state index is 12.3. The minimum Gasteiger partial charge on any atom is -0.497 e. The Labute approximate surface area is 169 Å². The van der Waals surface area contributed by atoms with Gasteiger partial charge in [0, 0.05) is 17.6 Å². The van der Waals surface area contributed by atoms with Gasteiger partial charge in [-0.05, 0) is 50.6 Å². The number of aryl methyl sites for hydroxylation is 1. The predicted octanol–water partition coefficient (Wildman–Crippen LogP) is 3.90. The van der Waals surface area contributed by atoms with Crippen molar-refractivity contribution in [2.45, 2.75) is 36.6 Å².